The topological polar surface area (TPSA) is 112 Å². The van der Waals surface area contributed by atoms with E-state index in [-0.39, 0.29) is 35.2 Å². The Morgan fingerprint density at radius 3 is 2.27 bits per heavy atom. The first kappa shape index (κ1) is 30.6. The molecule has 0 aromatic heterocycles. The first-order valence-electron chi connectivity index (χ1n) is 15.4. The quantitative estimate of drug-likeness (QED) is 0.317. The summed E-state index contributed by atoms with van der Waals surface area (Å²) < 4.78 is 18.8. The van der Waals surface area contributed by atoms with E-state index in [0.29, 0.717) is 11.0 Å². The van der Waals surface area contributed by atoms with Crippen LogP contribution in [0, 0.1) is 16.7 Å². The van der Waals surface area contributed by atoms with E-state index in [4.69, 9.17) is 19.0 Å². The number of hydrogen-bond donors (Lipinski definition) is 1. The molecule has 0 unspecified atom stereocenters. The minimum absolute atomic E-state index is 0.0809. The van der Waals surface area contributed by atoms with Crippen LogP contribution in [0.4, 0.5) is 0 Å². The number of ether oxygens (including phenoxy) is 3. The molecule has 6 rings (SSSR count). The van der Waals surface area contributed by atoms with Gasteiger partial charge < -0.3 is 24.2 Å². The van der Waals surface area contributed by atoms with Gasteiger partial charge in [-0.2, -0.15) is 0 Å². The summed E-state index contributed by atoms with van der Waals surface area (Å²) in [5.41, 5.74) is -0.289. The Hall–Kier alpha value is -3.37. The van der Waals surface area contributed by atoms with Crippen LogP contribution in [0.2, 0.25) is 0 Å². The van der Waals surface area contributed by atoms with Gasteiger partial charge in [0.15, 0.2) is 5.79 Å². The minimum atomic E-state index is -2.01. The lowest BCUT2D eigenvalue weighted by atomic mass is 9.55. The molecule has 4 aliphatic rings. The maximum Gasteiger partial charge on any atom is 0.370 e. The SMILES string of the molecule is CC1(C)O[C@H]([C@H](O)C2=CC[C@H]3C(C)(C)CCC[C@]23C)[C@](COCc2ccccc2)(C(=O)ON2C(=O)c3ccccc3C2=O)O1. The van der Waals surface area contributed by atoms with Gasteiger partial charge in [0, 0.05) is 0 Å². The van der Waals surface area contributed by atoms with Crippen molar-refractivity contribution in [3.8, 4) is 0 Å². The van der Waals surface area contributed by atoms with E-state index in [2.05, 4.69) is 26.8 Å². The Morgan fingerprint density at radius 2 is 1.61 bits per heavy atom. The number of rotatable bonds is 8. The number of hydrogen-bond acceptors (Lipinski definition) is 8. The molecule has 0 radical (unpaired) electrons. The number of imide groups is 1. The van der Waals surface area contributed by atoms with Crippen molar-refractivity contribution in [3.63, 3.8) is 0 Å². The summed E-state index contributed by atoms with van der Waals surface area (Å²) in [6, 6.07) is 15.7. The number of aliphatic hydroxyl groups is 1. The summed E-state index contributed by atoms with van der Waals surface area (Å²) in [5, 5.41) is 12.6. The average Bonchev–Trinajstić information content (AvgIpc) is 3.57. The van der Waals surface area contributed by atoms with Crippen LogP contribution in [0.25, 0.3) is 0 Å². The largest absolute Gasteiger partial charge is 0.386 e. The molecule has 2 aromatic rings. The first-order valence-corrected chi connectivity index (χ1v) is 15.4. The Balaban J connectivity index is 1.34. The number of carbonyl (C=O) groups is 3. The third-order valence-electron chi connectivity index (χ3n) is 10.1. The Labute approximate surface area is 258 Å². The molecule has 9 heteroatoms. The van der Waals surface area contributed by atoms with Crippen molar-refractivity contribution in [2.24, 2.45) is 16.7 Å². The number of carbonyl (C=O) groups excluding carboxylic acids is 3. The summed E-state index contributed by atoms with van der Waals surface area (Å²) in [5.74, 6) is -3.58. The van der Waals surface area contributed by atoms with Crippen molar-refractivity contribution < 1.29 is 38.5 Å². The predicted octanol–water partition coefficient (Wildman–Crippen LogP) is 5.37. The summed E-state index contributed by atoms with van der Waals surface area (Å²) in [6.45, 7) is 9.83. The summed E-state index contributed by atoms with van der Waals surface area (Å²) >= 11 is 0. The molecule has 0 bridgehead atoms. The van der Waals surface area contributed by atoms with Crippen LogP contribution in [0.1, 0.15) is 86.6 Å². The van der Waals surface area contributed by atoms with E-state index in [0.717, 1.165) is 36.8 Å². The molecule has 1 N–H and O–H groups in total. The first-order chi connectivity index (χ1) is 20.8. The second-order valence-corrected chi connectivity index (χ2v) is 13.9. The zero-order valence-electron chi connectivity index (χ0n) is 26.0. The lowest BCUT2D eigenvalue weighted by molar-refractivity contribution is -0.215. The van der Waals surface area contributed by atoms with Gasteiger partial charge in [-0.15, -0.1) is 0 Å². The van der Waals surface area contributed by atoms with Crippen molar-refractivity contribution in [1.82, 2.24) is 5.06 Å². The molecular formula is C35H41NO8. The number of fused-ring (bicyclic) bond motifs is 2. The molecule has 5 atom stereocenters. The molecule has 1 saturated carbocycles. The van der Waals surface area contributed by atoms with Gasteiger partial charge in [-0.05, 0) is 73.1 Å². The molecule has 2 heterocycles. The van der Waals surface area contributed by atoms with Gasteiger partial charge in [-0.1, -0.05) is 80.8 Å². The zero-order valence-corrected chi connectivity index (χ0v) is 26.0. The van der Waals surface area contributed by atoms with E-state index in [1.54, 1.807) is 26.0 Å². The Morgan fingerprint density at radius 1 is 0.977 bits per heavy atom. The Kier molecular flexibility index (Phi) is 7.60. The van der Waals surface area contributed by atoms with Gasteiger partial charge in [0.05, 0.1) is 24.3 Å². The van der Waals surface area contributed by atoms with Crippen molar-refractivity contribution in [2.75, 3.05) is 6.61 Å². The molecule has 2 aliphatic heterocycles. The fraction of sp³-hybridized carbons (Fsp3) is 0.514. The molecule has 2 amide bonds. The molecule has 2 aromatic carbocycles. The maximum absolute atomic E-state index is 14.3. The van der Waals surface area contributed by atoms with Crippen molar-refractivity contribution in [3.05, 3.63) is 82.9 Å². The van der Waals surface area contributed by atoms with Crippen LogP contribution >= 0.6 is 0 Å². The van der Waals surface area contributed by atoms with Crippen LogP contribution < -0.4 is 0 Å². The molecule has 234 valence electrons. The predicted molar refractivity (Wildman–Crippen MR) is 160 cm³/mol. The summed E-state index contributed by atoms with van der Waals surface area (Å²) in [6.07, 6.45) is 3.43. The normalized spacial score (nSPS) is 31.0. The van der Waals surface area contributed by atoms with E-state index < -0.39 is 41.4 Å². The molecule has 44 heavy (non-hydrogen) atoms. The van der Waals surface area contributed by atoms with Gasteiger partial charge in [0.1, 0.15) is 12.2 Å². The van der Waals surface area contributed by atoms with Crippen LogP contribution in [0.5, 0.6) is 0 Å². The number of aliphatic hydroxyl groups excluding tert-OH is 1. The number of nitrogens with zero attached hydrogens (tertiary/aromatic N) is 1. The summed E-state index contributed by atoms with van der Waals surface area (Å²) in [7, 11) is 0. The number of benzene rings is 2. The zero-order chi connectivity index (χ0) is 31.5. The van der Waals surface area contributed by atoms with E-state index >= 15 is 0 Å². The van der Waals surface area contributed by atoms with Gasteiger partial charge in [0.25, 0.3) is 11.8 Å². The third-order valence-corrected chi connectivity index (χ3v) is 10.1. The molecule has 2 aliphatic carbocycles. The van der Waals surface area contributed by atoms with Crippen molar-refractivity contribution >= 4 is 17.8 Å². The monoisotopic (exact) mass is 603 g/mol. The van der Waals surface area contributed by atoms with Gasteiger partial charge in [-0.25, -0.2) is 4.79 Å². The smallest absolute Gasteiger partial charge is 0.370 e. The van der Waals surface area contributed by atoms with Crippen molar-refractivity contribution in [1.29, 1.82) is 0 Å². The lowest BCUT2D eigenvalue weighted by Gasteiger charge is -2.50. The molecule has 1 saturated heterocycles. The molecule has 0 spiro atoms. The maximum atomic E-state index is 14.3. The standard InChI is InChI=1S/C35H41NO8/c1-32(2)18-11-19-34(5)25(16-17-26(32)34)27(37)28-35(44-33(3,4)42-28,21-41-20-22-12-7-6-8-13-22)31(40)43-36-29(38)23-14-9-10-15-24(23)30(36)39/h6-10,12-16,26-28,37H,11,17-21H2,1-5H3/t26-,27+,28+,34+,35+/m0/s1. The second-order valence-electron chi connectivity index (χ2n) is 13.9. The lowest BCUT2D eigenvalue weighted by Crippen LogP contribution is -2.59. The number of allylic oxidation sites excluding steroid dienone is 1. The van der Waals surface area contributed by atoms with Gasteiger partial charge in [-0.3, -0.25) is 9.59 Å². The van der Waals surface area contributed by atoms with E-state index in [1.165, 1.54) is 12.1 Å². The molecule has 2 fully saturated rings. The van der Waals surface area contributed by atoms with Gasteiger partial charge >= 0.3 is 5.97 Å². The van der Waals surface area contributed by atoms with E-state index in [1.807, 2.05) is 30.3 Å². The second kappa shape index (κ2) is 10.9. The van der Waals surface area contributed by atoms with Crippen molar-refractivity contribution in [2.45, 2.75) is 90.5 Å². The highest BCUT2D eigenvalue weighted by molar-refractivity contribution is 6.21. The number of hydroxylamine groups is 2. The van der Waals surface area contributed by atoms with Crippen LogP contribution in [0.3, 0.4) is 0 Å². The fourth-order valence-electron chi connectivity index (χ4n) is 8.02. The van der Waals surface area contributed by atoms with Crippen LogP contribution in [0.15, 0.2) is 66.2 Å². The van der Waals surface area contributed by atoms with Gasteiger partial charge in [0.2, 0.25) is 5.60 Å². The van der Waals surface area contributed by atoms with E-state index in [9.17, 15) is 19.5 Å². The summed E-state index contributed by atoms with van der Waals surface area (Å²) in [4.78, 5) is 46.2. The Bertz CT molecular complexity index is 1460. The molecular weight excluding hydrogens is 562 g/mol. The highest BCUT2D eigenvalue weighted by atomic mass is 16.8. The highest BCUT2D eigenvalue weighted by Gasteiger charge is 2.65. The average molecular weight is 604 g/mol. The van der Waals surface area contributed by atoms with Crippen LogP contribution in [-0.2, 0) is 30.4 Å². The number of amides is 2. The fourth-order valence-corrected chi connectivity index (χ4v) is 8.02. The van der Waals surface area contributed by atoms with Crippen LogP contribution in [-0.4, -0.2) is 58.2 Å². The minimum Gasteiger partial charge on any atom is -0.386 e. The molecule has 9 nitrogen and oxygen atoms in total. The third kappa shape index (κ3) is 5.00. The highest BCUT2D eigenvalue weighted by Crippen LogP contribution is 2.61.